The molecule has 0 unspecified atom stereocenters. The van der Waals surface area contributed by atoms with Crippen molar-refractivity contribution in [2.75, 3.05) is 12.4 Å². The van der Waals surface area contributed by atoms with Crippen molar-refractivity contribution in [3.63, 3.8) is 0 Å². The monoisotopic (exact) mass is 327 g/mol. The number of rotatable bonds is 4. The SMILES string of the molecule is C[C@@H](CC#N)N(C)C(=O)C(=O)Nc1cccc(CC(F)(F)F)c1. The Kier molecular flexibility index (Phi) is 6.13. The molecule has 0 spiro atoms. The smallest absolute Gasteiger partial charge is 0.334 e. The third-order valence-electron chi connectivity index (χ3n) is 3.15. The largest absolute Gasteiger partial charge is 0.393 e. The number of hydrogen-bond donors (Lipinski definition) is 1. The summed E-state index contributed by atoms with van der Waals surface area (Å²) in [6, 6.07) is 6.64. The van der Waals surface area contributed by atoms with Crippen molar-refractivity contribution in [3.05, 3.63) is 29.8 Å². The van der Waals surface area contributed by atoms with Gasteiger partial charge in [0, 0.05) is 18.8 Å². The maximum absolute atomic E-state index is 12.4. The number of carbonyl (C=O) groups is 2. The molecule has 0 aromatic heterocycles. The molecule has 0 radical (unpaired) electrons. The maximum Gasteiger partial charge on any atom is 0.393 e. The van der Waals surface area contributed by atoms with Crippen LogP contribution in [0.3, 0.4) is 0 Å². The number of anilines is 1. The van der Waals surface area contributed by atoms with E-state index >= 15 is 0 Å². The molecule has 0 bridgehead atoms. The van der Waals surface area contributed by atoms with Gasteiger partial charge in [-0.05, 0) is 24.6 Å². The summed E-state index contributed by atoms with van der Waals surface area (Å²) in [5.74, 6) is -1.84. The molecule has 0 saturated carbocycles. The van der Waals surface area contributed by atoms with Gasteiger partial charge in [-0.2, -0.15) is 18.4 Å². The van der Waals surface area contributed by atoms with E-state index in [1.165, 1.54) is 25.2 Å². The Morgan fingerprint density at radius 1 is 1.39 bits per heavy atom. The quantitative estimate of drug-likeness (QED) is 0.864. The van der Waals surface area contributed by atoms with E-state index < -0.39 is 30.5 Å². The fourth-order valence-electron chi connectivity index (χ4n) is 1.80. The van der Waals surface area contributed by atoms with Crippen LogP contribution in [-0.4, -0.2) is 36.0 Å². The average molecular weight is 327 g/mol. The van der Waals surface area contributed by atoms with E-state index in [1.807, 2.05) is 6.07 Å². The van der Waals surface area contributed by atoms with E-state index in [1.54, 1.807) is 6.92 Å². The van der Waals surface area contributed by atoms with Gasteiger partial charge in [0.15, 0.2) is 0 Å². The Bertz CT molecular complexity index is 623. The normalized spacial score (nSPS) is 12.2. The molecule has 1 N–H and O–H groups in total. The summed E-state index contributed by atoms with van der Waals surface area (Å²) in [6.07, 6.45) is -5.41. The number of amides is 2. The van der Waals surface area contributed by atoms with Crippen LogP contribution >= 0.6 is 0 Å². The Morgan fingerprint density at radius 2 is 2.04 bits per heavy atom. The van der Waals surface area contributed by atoms with Crippen molar-refractivity contribution in [1.82, 2.24) is 4.90 Å². The van der Waals surface area contributed by atoms with Crippen LogP contribution in [0.1, 0.15) is 18.9 Å². The highest BCUT2D eigenvalue weighted by Gasteiger charge is 2.28. The Hall–Kier alpha value is -2.56. The van der Waals surface area contributed by atoms with E-state index in [-0.39, 0.29) is 17.7 Å². The molecule has 0 fully saturated rings. The standard InChI is InChI=1S/C15H16F3N3O2/c1-10(6-7-19)21(2)14(23)13(22)20-12-5-3-4-11(8-12)9-15(16,17)18/h3-5,8,10H,6,9H2,1-2H3,(H,20,22)/t10-/m0/s1. The minimum Gasteiger partial charge on any atom is -0.334 e. The lowest BCUT2D eigenvalue weighted by Crippen LogP contribution is -2.42. The number of nitrogens with one attached hydrogen (secondary N) is 1. The number of nitrogens with zero attached hydrogens (tertiary/aromatic N) is 2. The summed E-state index contributed by atoms with van der Waals surface area (Å²) in [5, 5.41) is 10.8. The molecule has 0 saturated heterocycles. The molecule has 2 amide bonds. The van der Waals surface area contributed by atoms with E-state index in [0.29, 0.717) is 0 Å². The van der Waals surface area contributed by atoms with Crippen molar-refractivity contribution in [1.29, 1.82) is 5.26 Å². The molecule has 1 atom stereocenters. The van der Waals surface area contributed by atoms with Gasteiger partial charge in [0.05, 0.1) is 18.9 Å². The molecule has 0 aliphatic heterocycles. The van der Waals surface area contributed by atoms with Gasteiger partial charge in [0.25, 0.3) is 0 Å². The van der Waals surface area contributed by atoms with Crippen LogP contribution < -0.4 is 5.32 Å². The van der Waals surface area contributed by atoms with Crippen molar-refractivity contribution < 1.29 is 22.8 Å². The number of halogens is 3. The second kappa shape index (κ2) is 7.63. The van der Waals surface area contributed by atoms with E-state index in [9.17, 15) is 22.8 Å². The summed E-state index contributed by atoms with van der Waals surface area (Å²) in [5.41, 5.74) is 0.0837. The van der Waals surface area contributed by atoms with Crippen molar-refractivity contribution in [2.45, 2.75) is 32.0 Å². The molecule has 0 aliphatic carbocycles. The van der Waals surface area contributed by atoms with Gasteiger partial charge < -0.3 is 10.2 Å². The first kappa shape index (κ1) is 18.5. The Labute approximate surface area is 131 Å². The highest BCUT2D eigenvalue weighted by atomic mass is 19.4. The second-order valence-corrected chi connectivity index (χ2v) is 5.07. The molecule has 124 valence electrons. The zero-order valence-corrected chi connectivity index (χ0v) is 12.6. The number of alkyl halides is 3. The highest BCUT2D eigenvalue weighted by Crippen LogP contribution is 2.22. The lowest BCUT2D eigenvalue weighted by Gasteiger charge is -2.22. The number of hydrogen-bond acceptors (Lipinski definition) is 3. The Morgan fingerprint density at radius 3 is 2.61 bits per heavy atom. The van der Waals surface area contributed by atoms with E-state index in [4.69, 9.17) is 5.26 Å². The summed E-state index contributed by atoms with van der Waals surface area (Å²) >= 11 is 0. The third kappa shape index (κ3) is 5.98. The lowest BCUT2D eigenvalue weighted by atomic mass is 10.1. The average Bonchev–Trinajstić information content (AvgIpc) is 2.44. The number of nitriles is 1. The van der Waals surface area contributed by atoms with Crippen LogP contribution in [0.25, 0.3) is 0 Å². The van der Waals surface area contributed by atoms with Gasteiger partial charge in [-0.3, -0.25) is 9.59 Å². The van der Waals surface area contributed by atoms with Crippen LogP contribution in [0.5, 0.6) is 0 Å². The molecule has 8 heteroatoms. The van der Waals surface area contributed by atoms with Gasteiger partial charge in [0.2, 0.25) is 0 Å². The van der Waals surface area contributed by atoms with Gasteiger partial charge in [0.1, 0.15) is 0 Å². The molecule has 0 aliphatic rings. The molecular formula is C15H16F3N3O2. The van der Waals surface area contributed by atoms with Gasteiger partial charge in [-0.25, -0.2) is 0 Å². The summed E-state index contributed by atoms with van der Waals surface area (Å²) < 4.78 is 37.1. The number of benzene rings is 1. The number of carbonyl (C=O) groups excluding carboxylic acids is 2. The molecule has 5 nitrogen and oxygen atoms in total. The van der Waals surface area contributed by atoms with Gasteiger partial charge >= 0.3 is 18.0 Å². The van der Waals surface area contributed by atoms with E-state index in [2.05, 4.69) is 5.32 Å². The molecule has 1 aromatic carbocycles. The van der Waals surface area contributed by atoms with Gasteiger partial charge in [-0.1, -0.05) is 12.1 Å². The van der Waals surface area contributed by atoms with Crippen LogP contribution in [0.15, 0.2) is 24.3 Å². The number of likely N-dealkylation sites (N-methyl/N-ethyl adjacent to an activating group) is 1. The van der Waals surface area contributed by atoms with Crippen LogP contribution in [0, 0.1) is 11.3 Å². The minimum absolute atomic E-state index is 0.0195. The highest BCUT2D eigenvalue weighted by molar-refractivity contribution is 6.39. The molecule has 0 heterocycles. The van der Waals surface area contributed by atoms with Crippen molar-refractivity contribution in [2.24, 2.45) is 0 Å². The predicted molar refractivity (Wildman–Crippen MR) is 77.3 cm³/mol. The topological polar surface area (TPSA) is 73.2 Å². The molecule has 23 heavy (non-hydrogen) atoms. The first-order chi connectivity index (χ1) is 10.6. The van der Waals surface area contributed by atoms with Gasteiger partial charge in [-0.15, -0.1) is 0 Å². The fraction of sp³-hybridized carbons (Fsp3) is 0.400. The molecule has 1 aromatic rings. The van der Waals surface area contributed by atoms with Crippen molar-refractivity contribution >= 4 is 17.5 Å². The van der Waals surface area contributed by atoms with Crippen LogP contribution in [-0.2, 0) is 16.0 Å². The first-order valence-corrected chi connectivity index (χ1v) is 6.75. The zero-order chi connectivity index (χ0) is 17.6. The maximum atomic E-state index is 12.4. The fourth-order valence-corrected chi connectivity index (χ4v) is 1.80. The predicted octanol–water partition coefficient (Wildman–Crippen LogP) is 2.49. The second-order valence-electron chi connectivity index (χ2n) is 5.07. The third-order valence-corrected chi connectivity index (χ3v) is 3.15. The molecular weight excluding hydrogens is 311 g/mol. The summed E-state index contributed by atoms with van der Waals surface area (Å²) in [6.45, 7) is 1.61. The lowest BCUT2D eigenvalue weighted by molar-refractivity contribution is -0.143. The summed E-state index contributed by atoms with van der Waals surface area (Å²) in [7, 11) is 1.38. The van der Waals surface area contributed by atoms with Crippen LogP contribution in [0.4, 0.5) is 18.9 Å². The first-order valence-electron chi connectivity index (χ1n) is 6.75. The van der Waals surface area contributed by atoms with E-state index in [0.717, 1.165) is 11.0 Å². The van der Waals surface area contributed by atoms with Crippen molar-refractivity contribution in [3.8, 4) is 6.07 Å². The minimum atomic E-state index is -4.36. The van der Waals surface area contributed by atoms with Crippen LogP contribution in [0.2, 0.25) is 0 Å². The molecule has 1 rings (SSSR count). The zero-order valence-electron chi connectivity index (χ0n) is 12.6. The Balaban J connectivity index is 2.76. The summed E-state index contributed by atoms with van der Waals surface area (Å²) in [4.78, 5) is 24.9.